The molecule has 5 amide bonds. The fourth-order valence-corrected chi connectivity index (χ4v) is 6.43. The van der Waals surface area contributed by atoms with Gasteiger partial charge in [0.05, 0.1) is 22.9 Å². The number of nitrogens with zero attached hydrogens (tertiary/aromatic N) is 3. The predicted octanol–water partition coefficient (Wildman–Crippen LogP) is 6.25. The summed E-state index contributed by atoms with van der Waals surface area (Å²) in [7, 11) is 0. The summed E-state index contributed by atoms with van der Waals surface area (Å²) in [5.74, 6) is -1.27. The monoisotopic (exact) mass is 729 g/mol. The Hall–Kier alpha value is -6.54. The highest BCUT2D eigenvalue weighted by Crippen LogP contribution is 2.36. The number of anilines is 4. The minimum Gasteiger partial charge on any atom is -0.358 e. The second-order valence-corrected chi connectivity index (χ2v) is 12.9. The van der Waals surface area contributed by atoms with Crippen molar-refractivity contribution in [2.24, 2.45) is 0 Å². The van der Waals surface area contributed by atoms with Crippen molar-refractivity contribution in [3.05, 3.63) is 101 Å². The van der Waals surface area contributed by atoms with Crippen LogP contribution in [-0.2, 0) is 9.59 Å². The van der Waals surface area contributed by atoms with E-state index in [1.807, 2.05) is 32.0 Å². The third-order valence-corrected chi connectivity index (χ3v) is 9.35. The molecular formula is C40H43N9O5. The second kappa shape index (κ2) is 16.4. The Balaban J connectivity index is 1.09. The lowest BCUT2D eigenvalue weighted by Gasteiger charge is -2.18. The van der Waals surface area contributed by atoms with E-state index in [9.17, 15) is 24.0 Å². The van der Waals surface area contributed by atoms with Crippen molar-refractivity contribution in [1.82, 2.24) is 25.0 Å². The summed E-state index contributed by atoms with van der Waals surface area (Å²) < 4.78 is 1.22. The van der Waals surface area contributed by atoms with E-state index in [2.05, 4.69) is 55.4 Å². The van der Waals surface area contributed by atoms with E-state index in [0.29, 0.717) is 68.3 Å². The quantitative estimate of drug-likeness (QED) is 0.0775. The number of aromatic amines is 1. The molecule has 0 aliphatic carbocycles. The van der Waals surface area contributed by atoms with Crippen LogP contribution in [0.15, 0.2) is 72.9 Å². The van der Waals surface area contributed by atoms with Crippen LogP contribution >= 0.6 is 0 Å². The van der Waals surface area contributed by atoms with Crippen molar-refractivity contribution >= 4 is 75.0 Å². The van der Waals surface area contributed by atoms with Crippen LogP contribution in [0.5, 0.6) is 0 Å². The first-order chi connectivity index (χ1) is 26.0. The number of carbonyl (C=O) groups is 5. The van der Waals surface area contributed by atoms with Crippen molar-refractivity contribution in [3.63, 3.8) is 0 Å². The number of hydrogen-bond donors (Lipinski definition) is 6. The summed E-state index contributed by atoms with van der Waals surface area (Å²) in [5, 5.41) is 19.1. The summed E-state index contributed by atoms with van der Waals surface area (Å²) >= 11 is 0. The van der Waals surface area contributed by atoms with Gasteiger partial charge >= 0.3 is 6.03 Å². The first-order valence-corrected chi connectivity index (χ1v) is 17.9. The van der Waals surface area contributed by atoms with Crippen LogP contribution in [-0.4, -0.2) is 75.5 Å². The van der Waals surface area contributed by atoms with Crippen molar-refractivity contribution in [2.75, 3.05) is 47.4 Å². The molecule has 14 heteroatoms. The Morgan fingerprint density at radius 3 is 2.35 bits per heavy atom. The van der Waals surface area contributed by atoms with E-state index in [-0.39, 0.29) is 24.7 Å². The van der Waals surface area contributed by atoms with Crippen LogP contribution in [0, 0.1) is 13.8 Å². The summed E-state index contributed by atoms with van der Waals surface area (Å²) in [4.78, 5) is 70.3. The Bertz CT molecular complexity index is 2270. The van der Waals surface area contributed by atoms with Gasteiger partial charge in [0.2, 0.25) is 11.8 Å². The van der Waals surface area contributed by atoms with E-state index < -0.39 is 17.8 Å². The highest BCUT2D eigenvalue weighted by atomic mass is 16.2. The number of fused-ring (bicyclic) bond motifs is 2. The van der Waals surface area contributed by atoms with Crippen LogP contribution in [0.2, 0.25) is 0 Å². The molecule has 54 heavy (non-hydrogen) atoms. The van der Waals surface area contributed by atoms with E-state index in [1.165, 1.54) is 4.68 Å². The SMILES string of the molecule is CCN(CC)CCNC(=O)c1c(C)[nH]c(/C=C2\C(=O)Nc3ccc(NC(=O)CCC(=O)n4ncc5ccc(NC(=O)Nc6ccccc6)cc54)cc32)c1C. The van der Waals surface area contributed by atoms with E-state index >= 15 is 0 Å². The summed E-state index contributed by atoms with van der Waals surface area (Å²) in [6.07, 6.45) is 3.02. The number of para-hydroxylation sites is 1. The smallest absolute Gasteiger partial charge is 0.323 e. The first-order valence-electron chi connectivity index (χ1n) is 17.9. The fourth-order valence-electron chi connectivity index (χ4n) is 6.43. The summed E-state index contributed by atoms with van der Waals surface area (Å²) in [5.41, 5.74) is 6.21. The number of carbonyl (C=O) groups excluding carboxylic acids is 5. The number of H-pyrrole nitrogens is 1. The molecule has 3 heterocycles. The van der Waals surface area contributed by atoms with Gasteiger partial charge < -0.3 is 36.5 Å². The maximum absolute atomic E-state index is 13.2. The Morgan fingerprint density at radius 1 is 0.870 bits per heavy atom. The van der Waals surface area contributed by atoms with E-state index in [0.717, 1.165) is 25.2 Å². The van der Waals surface area contributed by atoms with Gasteiger partial charge in [0, 0.05) is 71.0 Å². The lowest BCUT2D eigenvalue weighted by atomic mass is 10.0. The summed E-state index contributed by atoms with van der Waals surface area (Å²) in [6.45, 7) is 10.9. The number of urea groups is 1. The minimum atomic E-state index is -0.436. The molecule has 2 aromatic heterocycles. The molecule has 5 aromatic rings. The molecule has 0 unspecified atom stereocenters. The molecule has 278 valence electrons. The third-order valence-electron chi connectivity index (χ3n) is 9.35. The number of rotatable bonds is 13. The number of amides is 5. The van der Waals surface area contributed by atoms with Gasteiger partial charge in [0.25, 0.3) is 11.8 Å². The van der Waals surface area contributed by atoms with Gasteiger partial charge in [-0.25, -0.2) is 9.48 Å². The zero-order chi connectivity index (χ0) is 38.4. The number of likely N-dealkylation sites (N-methyl/N-ethyl adjacent to an activating group) is 1. The van der Waals surface area contributed by atoms with Crippen LogP contribution < -0.4 is 26.6 Å². The highest BCUT2D eigenvalue weighted by Gasteiger charge is 2.26. The van der Waals surface area contributed by atoms with E-state index in [4.69, 9.17) is 0 Å². The molecule has 0 atom stereocenters. The number of aromatic nitrogens is 3. The molecule has 3 aromatic carbocycles. The fraction of sp³-hybridized carbons (Fsp3) is 0.250. The van der Waals surface area contributed by atoms with Gasteiger partial charge in [-0.15, -0.1) is 0 Å². The maximum Gasteiger partial charge on any atom is 0.323 e. The van der Waals surface area contributed by atoms with Gasteiger partial charge in [-0.05, 0) is 87.1 Å². The molecule has 0 radical (unpaired) electrons. The second-order valence-electron chi connectivity index (χ2n) is 12.9. The first kappa shape index (κ1) is 37.2. The average molecular weight is 730 g/mol. The van der Waals surface area contributed by atoms with Crippen molar-refractivity contribution in [2.45, 2.75) is 40.5 Å². The molecular weight excluding hydrogens is 686 g/mol. The predicted molar refractivity (Wildman–Crippen MR) is 211 cm³/mol. The standard InChI is InChI=1S/C40H43N9O5/c1-5-48(6-2)19-18-41-39(53)37-24(3)33(43-25(37)4)22-31-30-20-28(14-15-32(30)47-38(31)52)44-35(50)16-17-36(51)49-34-21-29(13-12-26(34)23-42-49)46-40(54)45-27-10-8-7-9-11-27/h7-15,20-23,43H,5-6,16-19H2,1-4H3,(H,41,53)(H,44,50)(H,47,52)(H2,45,46,54)/b31-22-. The minimum absolute atomic E-state index is 0.116. The third kappa shape index (κ3) is 8.40. The van der Waals surface area contributed by atoms with Crippen molar-refractivity contribution in [3.8, 4) is 0 Å². The molecule has 6 N–H and O–H groups in total. The molecule has 1 aliphatic heterocycles. The number of hydrogen-bond acceptors (Lipinski definition) is 7. The summed E-state index contributed by atoms with van der Waals surface area (Å²) in [6, 6.07) is 18.8. The van der Waals surface area contributed by atoms with Gasteiger partial charge in [-0.1, -0.05) is 32.0 Å². The molecule has 0 bridgehead atoms. The van der Waals surface area contributed by atoms with Crippen molar-refractivity contribution < 1.29 is 24.0 Å². The lowest BCUT2D eigenvalue weighted by Crippen LogP contribution is -2.35. The molecule has 0 fully saturated rings. The largest absolute Gasteiger partial charge is 0.358 e. The zero-order valence-electron chi connectivity index (χ0n) is 30.6. The van der Waals surface area contributed by atoms with Crippen LogP contribution in [0.4, 0.5) is 27.5 Å². The Kier molecular flexibility index (Phi) is 11.3. The molecule has 1 aliphatic rings. The Labute approximate surface area is 312 Å². The topological polar surface area (TPSA) is 182 Å². The molecule has 14 nitrogen and oxygen atoms in total. The molecule has 0 spiro atoms. The average Bonchev–Trinajstić information content (AvgIpc) is 3.81. The number of nitrogens with one attached hydrogen (secondary N) is 6. The van der Waals surface area contributed by atoms with Crippen molar-refractivity contribution in [1.29, 1.82) is 0 Å². The van der Waals surface area contributed by atoms with Gasteiger partial charge in [0.15, 0.2) is 0 Å². The van der Waals surface area contributed by atoms with Gasteiger partial charge in [-0.3, -0.25) is 19.2 Å². The van der Waals surface area contributed by atoms with Crippen LogP contribution in [0.3, 0.4) is 0 Å². The Morgan fingerprint density at radius 2 is 1.59 bits per heavy atom. The lowest BCUT2D eigenvalue weighted by molar-refractivity contribution is -0.116. The highest BCUT2D eigenvalue weighted by molar-refractivity contribution is 6.35. The van der Waals surface area contributed by atoms with E-state index in [1.54, 1.807) is 60.8 Å². The van der Waals surface area contributed by atoms with Gasteiger partial charge in [-0.2, -0.15) is 5.10 Å². The zero-order valence-corrected chi connectivity index (χ0v) is 30.6. The van der Waals surface area contributed by atoms with Crippen LogP contribution in [0.1, 0.15) is 64.4 Å². The molecule has 0 saturated heterocycles. The number of aryl methyl sites for hydroxylation is 1. The molecule has 6 rings (SSSR count). The maximum atomic E-state index is 13.2. The van der Waals surface area contributed by atoms with Crippen LogP contribution in [0.25, 0.3) is 22.6 Å². The number of benzene rings is 3. The normalized spacial score (nSPS) is 12.8. The molecule has 0 saturated carbocycles. The van der Waals surface area contributed by atoms with Gasteiger partial charge in [0.1, 0.15) is 0 Å².